The normalized spacial score (nSPS) is 26.2. The first-order chi connectivity index (χ1) is 22.1. The van der Waals surface area contributed by atoms with E-state index in [0.717, 1.165) is 0 Å². The Balaban J connectivity index is 0.000000644. The summed E-state index contributed by atoms with van der Waals surface area (Å²) in [5, 5.41) is 65.0. The van der Waals surface area contributed by atoms with E-state index in [0.29, 0.717) is 0 Å². The number of phenolic OH excluding ortho intramolecular Hbond substituents is 2. The second-order valence-corrected chi connectivity index (χ2v) is 11.7. The average Bonchev–Trinajstić information content (AvgIpc) is 3.01. The number of fused-ring (bicyclic) bond motifs is 3. The van der Waals surface area contributed by atoms with E-state index in [-0.39, 0.29) is 46.6 Å². The summed E-state index contributed by atoms with van der Waals surface area (Å²) in [7, 11) is 2.99. The minimum absolute atomic E-state index is 0.0435. The summed E-state index contributed by atoms with van der Waals surface area (Å²) >= 11 is 0. The number of ether oxygens (including phenoxy) is 3. The first-order valence-electron chi connectivity index (χ1n) is 14.7. The van der Waals surface area contributed by atoms with Crippen LogP contribution in [0.15, 0.2) is 18.2 Å². The predicted molar refractivity (Wildman–Crippen MR) is 160 cm³/mol. The van der Waals surface area contributed by atoms with Crippen molar-refractivity contribution in [2.75, 3.05) is 20.8 Å². The third kappa shape index (κ3) is 6.63. The van der Waals surface area contributed by atoms with Crippen LogP contribution >= 0.6 is 0 Å². The third-order valence-electron chi connectivity index (χ3n) is 8.53. The van der Waals surface area contributed by atoms with Crippen molar-refractivity contribution in [2.45, 2.75) is 75.8 Å². The Bertz CT molecular complexity index is 1610. The molecule has 254 valence electrons. The van der Waals surface area contributed by atoms with Gasteiger partial charge >= 0.3 is 5.97 Å². The summed E-state index contributed by atoms with van der Waals surface area (Å²) in [6.07, 6.45) is -5.02. The van der Waals surface area contributed by atoms with Crippen LogP contribution in [0.1, 0.15) is 82.2 Å². The predicted octanol–water partition coefficient (Wildman–Crippen LogP) is 0.312. The van der Waals surface area contributed by atoms with Gasteiger partial charge in [-0.15, -0.1) is 0 Å². The zero-order valence-electron chi connectivity index (χ0n) is 26.1. The topological polar surface area (TPSA) is 246 Å². The molecule has 2 aromatic rings. The molecule has 47 heavy (non-hydrogen) atoms. The monoisotopic (exact) mass is 659 g/mol. The molecule has 1 aliphatic heterocycles. The number of nitrogens with one attached hydrogen (secondary N) is 1. The van der Waals surface area contributed by atoms with E-state index in [9.17, 15) is 49.5 Å². The molecule has 2 aliphatic carbocycles. The molecule has 15 heteroatoms. The zero-order valence-corrected chi connectivity index (χ0v) is 26.1. The summed E-state index contributed by atoms with van der Waals surface area (Å²) in [6.45, 7) is 1.87. The van der Waals surface area contributed by atoms with Gasteiger partial charge in [0.15, 0.2) is 17.9 Å². The average molecular weight is 660 g/mol. The second-order valence-electron chi connectivity index (χ2n) is 11.7. The third-order valence-corrected chi connectivity index (χ3v) is 8.53. The Kier molecular flexibility index (Phi) is 10.5. The maximum atomic E-state index is 13.7. The molecule has 0 bridgehead atoms. The highest BCUT2D eigenvalue weighted by Crippen LogP contribution is 2.52. The summed E-state index contributed by atoms with van der Waals surface area (Å²) in [5.41, 5.74) is -3.52. The highest BCUT2D eigenvalue weighted by atomic mass is 16.7. The van der Waals surface area contributed by atoms with Gasteiger partial charge in [-0.2, -0.15) is 0 Å². The van der Waals surface area contributed by atoms with Gasteiger partial charge in [-0.1, -0.05) is 12.1 Å². The number of carbonyl (C=O) groups is 5. The highest BCUT2D eigenvalue weighted by molar-refractivity contribution is 6.31. The van der Waals surface area contributed by atoms with E-state index in [2.05, 4.69) is 5.32 Å². The number of carboxylic acid groups (broad SMARTS) is 1. The van der Waals surface area contributed by atoms with Gasteiger partial charge in [-0.25, -0.2) is 0 Å². The van der Waals surface area contributed by atoms with Crippen LogP contribution in [-0.4, -0.2) is 111 Å². The summed E-state index contributed by atoms with van der Waals surface area (Å²) in [4.78, 5) is 59.3. The van der Waals surface area contributed by atoms with Crippen LogP contribution in [0.3, 0.4) is 0 Å². The molecule has 0 spiro atoms. The van der Waals surface area contributed by atoms with E-state index >= 15 is 0 Å². The van der Waals surface area contributed by atoms with Gasteiger partial charge in [0.05, 0.1) is 42.1 Å². The van der Waals surface area contributed by atoms with Crippen molar-refractivity contribution >= 4 is 29.1 Å². The molecule has 0 radical (unpaired) electrons. The largest absolute Gasteiger partial charge is 0.507 e. The minimum atomic E-state index is -2.23. The Hall–Kier alpha value is -4.25. The molecule has 0 aromatic heterocycles. The molecular formula is C32H37NO14. The lowest BCUT2D eigenvalue weighted by Crippen LogP contribution is -2.53. The van der Waals surface area contributed by atoms with Gasteiger partial charge in [0, 0.05) is 42.0 Å². The molecule has 4 unspecified atom stereocenters. The van der Waals surface area contributed by atoms with Crippen molar-refractivity contribution in [2.24, 2.45) is 0 Å². The summed E-state index contributed by atoms with van der Waals surface area (Å²) < 4.78 is 17.2. The van der Waals surface area contributed by atoms with Gasteiger partial charge in [-0.05, 0) is 27.0 Å². The number of rotatable bonds is 8. The van der Waals surface area contributed by atoms with Crippen LogP contribution in [0, 0.1) is 0 Å². The molecule has 2 aromatic carbocycles. The number of methoxy groups -OCH3 is 1. The molecule has 7 N–H and O–H groups in total. The molecule has 1 saturated heterocycles. The number of hydrogen-bond acceptors (Lipinski definition) is 14. The number of benzene rings is 2. The van der Waals surface area contributed by atoms with E-state index in [1.165, 1.54) is 32.2 Å². The quantitative estimate of drug-likeness (QED) is 0.127. The number of ketones is 4. The van der Waals surface area contributed by atoms with E-state index in [4.69, 9.17) is 19.3 Å². The second kappa shape index (κ2) is 13.9. The first kappa shape index (κ1) is 35.6. The molecule has 6 atom stereocenters. The van der Waals surface area contributed by atoms with Gasteiger partial charge in [0.25, 0.3) is 0 Å². The fourth-order valence-corrected chi connectivity index (χ4v) is 6.22. The van der Waals surface area contributed by atoms with Crippen molar-refractivity contribution in [3.63, 3.8) is 0 Å². The number of aliphatic hydroxyl groups is 3. The van der Waals surface area contributed by atoms with Crippen molar-refractivity contribution in [1.82, 2.24) is 5.32 Å². The van der Waals surface area contributed by atoms with Gasteiger partial charge in [0.1, 0.15) is 41.7 Å². The van der Waals surface area contributed by atoms with Gasteiger partial charge < -0.3 is 50.2 Å². The smallest absolute Gasteiger partial charge is 0.310 e. The Morgan fingerprint density at radius 1 is 1.09 bits per heavy atom. The zero-order chi connectivity index (χ0) is 35.0. The van der Waals surface area contributed by atoms with Gasteiger partial charge in [-0.3, -0.25) is 24.0 Å². The van der Waals surface area contributed by atoms with Crippen LogP contribution in [0.5, 0.6) is 17.2 Å². The van der Waals surface area contributed by atoms with Crippen molar-refractivity contribution in [3.05, 3.63) is 51.6 Å². The number of phenols is 2. The first-order valence-corrected chi connectivity index (χ1v) is 14.7. The summed E-state index contributed by atoms with van der Waals surface area (Å²) in [6, 6.07) is 3.96. The Morgan fingerprint density at radius 2 is 1.74 bits per heavy atom. The molecule has 0 amide bonds. The standard InChI is InChI=1S/C28H31NO11.C4H6O3/c1-11-23(32)14(29-2)7-18(39-11)40-16-9-28(37,17(31)10-30)8-13-20(16)27(36)22-21(25(13)34)24(33)12-5-4-6-15(38-3)19(12)26(22)35;1-3(5)2-4(6)7/h4-6,11,14,16,18,23,29-30,32,34,36-37H,7-10H2,1-3H3;2H2,1H3,(H,6,7)/t11?,14?,16-,18?,23?,28-;/m0./s1. The number of Topliss-reactive ketones (excluding diaryl/α,β-unsaturated/α-hetero) is 2. The van der Waals surface area contributed by atoms with Crippen LogP contribution in [-0.2, 0) is 30.3 Å². The van der Waals surface area contributed by atoms with E-state index < -0.39 is 102 Å². The summed E-state index contributed by atoms with van der Waals surface area (Å²) in [5.74, 6) is -5.07. The van der Waals surface area contributed by atoms with Crippen molar-refractivity contribution < 1.29 is 68.8 Å². The van der Waals surface area contributed by atoms with Crippen LogP contribution in [0.2, 0.25) is 0 Å². The fourth-order valence-electron chi connectivity index (χ4n) is 6.22. The molecule has 1 fully saturated rings. The van der Waals surface area contributed by atoms with Crippen molar-refractivity contribution in [1.29, 1.82) is 0 Å². The Morgan fingerprint density at radius 3 is 2.30 bits per heavy atom. The lowest BCUT2D eigenvalue weighted by molar-refractivity contribution is -0.249. The van der Waals surface area contributed by atoms with Crippen LogP contribution in [0.4, 0.5) is 0 Å². The number of carboxylic acids is 1. The van der Waals surface area contributed by atoms with E-state index in [1.54, 1.807) is 14.0 Å². The molecule has 1 heterocycles. The molecule has 5 rings (SSSR count). The number of carbonyl (C=O) groups excluding carboxylic acids is 4. The Labute approximate surface area is 268 Å². The van der Waals surface area contributed by atoms with Crippen molar-refractivity contribution in [3.8, 4) is 17.2 Å². The number of likely N-dealkylation sites (N-methyl/N-ethyl adjacent to an activating group) is 1. The SMILES string of the molecule is CC(=O)CC(=O)O.CNC1CC(O[C@H]2C[C@](O)(C(=O)CO)Cc3c(O)c4c(c(O)c32)C(=O)c2c(OC)cccc2C4=O)OC(C)C1O. The fraction of sp³-hybridized carbons (Fsp3) is 0.469. The maximum Gasteiger partial charge on any atom is 0.310 e. The molecule has 15 nitrogen and oxygen atoms in total. The van der Waals surface area contributed by atoms with Crippen LogP contribution < -0.4 is 10.1 Å². The number of aliphatic carboxylic acids is 1. The minimum Gasteiger partial charge on any atom is -0.507 e. The highest BCUT2D eigenvalue weighted by Gasteiger charge is 2.50. The lowest BCUT2D eigenvalue weighted by atomic mass is 9.72. The van der Waals surface area contributed by atoms with Gasteiger partial charge in [0.2, 0.25) is 5.78 Å². The van der Waals surface area contributed by atoms with Crippen LogP contribution in [0.25, 0.3) is 0 Å². The number of aromatic hydroxyl groups is 2. The lowest BCUT2D eigenvalue weighted by Gasteiger charge is -2.42. The number of hydrogen-bond donors (Lipinski definition) is 7. The molecule has 0 saturated carbocycles. The maximum absolute atomic E-state index is 13.7. The number of aliphatic hydroxyl groups excluding tert-OH is 2. The molecular weight excluding hydrogens is 622 g/mol. The molecule has 3 aliphatic rings. The van der Waals surface area contributed by atoms with E-state index in [1.807, 2.05) is 0 Å².